The van der Waals surface area contributed by atoms with E-state index in [4.69, 9.17) is 20.6 Å². The van der Waals surface area contributed by atoms with E-state index < -0.39 is 11.8 Å². The Labute approximate surface area is 187 Å². The number of nitrogens with one attached hydrogen (secondary N) is 1. The third kappa shape index (κ3) is 5.04. The van der Waals surface area contributed by atoms with E-state index in [1.807, 2.05) is 35.2 Å². The Morgan fingerprint density at radius 1 is 1.16 bits per heavy atom. The van der Waals surface area contributed by atoms with E-state index in [-0.39, 0.29) is 12.6 Å². The zero-order valence-corrected chi connectivity index (χ0v) is 18.0. The van der Waals surface area contributed by atoms with Crippen molar-refractivity contribution in [1.29, 1.82) is 5.41 Å². The van der Waals surface area contributed by atoms with Crippen molar-refractivity contribution >= 4 is 17.8 Å². The van der Waals surface area contributed by atoms with Gasteiger partial charge in [-0.05, 0) is 48.2 Å². The Hall–Kier alpha value is -3.49. The lowest BCUT2D eigenvalue weighted by Crippen LogP contribution is -2.50. The summed E-state index contributed by atoms with van der Waals surface area (Å²) in [5.41, 5.74) is 8.17. The van der Waals surface area contributed by atoms with Crippen LogP contribution in [0.2, 0.25) is 0 Å². The first-order valence-electron chi connectivity index (χ1n) is 10.8. The third-order valence-electron chi connectivity index (χ3n) is 6.26. The maximum absolute atomic E-state index is 11.4. The SMILES string of the molecule is N=C(N)N1CCCc2ccc(OCC3(OC(=O)O)CCN(c4ccncc4)CC3)cc2C1. The molecule has 1 aromatic carbocycles. The zero-order valence-electron chi connectivity index (χ0n) is 18.0. The highest BCUT2D eigenvalue weighted by Gasteiger charge is 2.39. The lowest BCUT2D eigenvalue weighted by molar-refractivity contribution is -0.0593. The van der Waals surface area contributed by atoms with E-state index in [0.29, 0.717) is 38.2 Å². The maximum Gasteiger partial charge on any atom is 0.506 e. The number of guanidine groups is 1. The molecule has 0 amide bonds. The van der Waals surface area contributed by atoms with E-state index in [1.165, 1.54) is 5.56 Å². The highest BCUT2D eigenvalue weighted by Crippen LogP contribution is 2.31. The number of nitrogens with two attached hydrogens (primary N) is 1. The molecule has 0 aliphatic carbocycles. The van der Waals surface area contributed by atoms with Gasteiger partial charge in [-0.2, -0.15) is 0 Å². The second-order valence-corrected chi connectivity index (χ2v) is 8.37. The molecule has 0 saturated carbocycles. The second kappa shape index (κ2) is 9.33. The average molecular weight is 440 g/mol. The molecule has 1 fully saturated rings. The van der Waals surface area contributed by atoms with Crippen molar-refractivity contribution in [2.24, 2.45) is 5.73 Å². The van der Waals surface area contributed by atoms with Crippen LogP contribution in [0.25, 0.3) is 0 Å². The van der Waals surface area contributed by atoms with Gasteiger partial charge in [0, 0.05) is 57.1 Å². The van der Waals surface area contributed by atoms with Gasteiger partial charge in [0.15, 0.2) is 11.6 Å². The van der Waals surface area contributed by atoms with Crippen LogP contribution in [0.1, 0.15) is 30.4 Å². The van der Waals surface area contributed by atoms with E-state index in [2.05, 4.69) is 9.88 Å². The molecule has 4 rings (SSSR count). The summed E-state index contributed by atoms with van der Waals surface area (Å²) in [6.45, 7) is 2.80. The van der Waals surface area contributed by atoms with Crippen molar-refractivity contribution in [1.82, 2.24) is 9.88 Å². The molecular formula is C23H29N5O4. The van der Waals surface area contributed by atoms with Gasteiger partial charge >= 0.3 is 6.16 Å². The topological polar surface area (TPSA) is 125 Å². The number of anilines is 1. The molecule has 1 aromatic heterocycles. The van der Waals surface area contributed by atoms with Crippen molar-refractivity contribution in [2.75, 3.05) is 31.1 Å². The number of aromatic nitrogens is 1. The molecule has 2 aromatic rings. The summed E-state index contributed by atoms with van der Waals surface area (Å²) in [5, 5.41) is 17.1. The molecule has 0 bridgehead atoms. The van der Waals surface area contributed by atoms with Crippen LogP contribution in [0.4, 0.5) is 10.5 Å². The number of hydrogen-bond donors (Lipinski definition) is 3. The molecule has 9 heteroatoms. The van der Waals surface area contributed by atoms with E-state index in [9.17, 15) is 9.90 Å². The Balaban J connectivity index is 1.44. The van der Waals surface area contributed by atoms with Crippen LogP contribution in [-0.4, -0.2) is 58.9 Å². The molecule has 2 aliphatic rings. The monoisotopic (exact) mass is 439 g/mol. The van der Waals surface area contributed by atoms with Crippen LogP contribution < -0.4 is 15.4 Å². The van der Waals surface area contributed by atoms with Gasteiger partial charge in [0.1, 0.15) is 12.4 Å². The Bertz CT molecular complexity index is 960. The average Bonchev–Trinajstić information content (AvgIpc) is 3.01. The largest absolute Gasteiger partial charge is 0.506 e. The van der Waals surface area contributed by atoms with Crippen LogP contribution in [0, 0.1) is 5.41 Å². The Kier molecular flexibility index (Phi) is 6.34. The fourth-order valence-electron chi connectivity index (χ4n) is 4.44. The molecule has 0 radical (unpaired) electrons. The molecule has 32 heavy (non-hydrogen) atoms. The fraction of sp³-hybridized carbons (Fsp3) is 0.435. The molecule has 1 saturated heterocycles. The first-order valence-corrected chi connectivity index (χ1v) is 10.8. The number of pyridine rings is 1. The maximum atomic E-state index is 11.4. The second-order valence-electron chi connectivity index (χ2n) is 8.37. The Morgan fingerprint density at radius 3 is 2.59 bits per heavy atom. The number of benzene rings is 1. The lowest BCUT2D eigenvalue weighted by atomic mass is 9.91. The molecule has 4 N–H and O–H groups in total. The number of hydrogen-bond acceptors (Lipinski definition) is 6. The molecule has 0 spiro atoms. The number of carboxylic acid groups (broad SMARTS) is 1. The summed E-state index contributed by atoms with van der Waals surface area (Å²) < 4.78 is 11.4. The Morgan fingerprint density at radius 2 is 1.91 bits per heavy atom. The van der Waals surface area contributed by atoms with Crippen molar-refractivity contribution in [2.45, 2.75) is 37.8 Å². The van der Waals surface area contributed by atoms with Gasteiger partial charge in [-0.1, -0.05) is 6.07 Å². The minimum atomic E-state index is -1.29. The normalized spacial score (nSPS) is 17.8. The summed E-state index contributed by atoms with van der Waals surface area (Å²) >= 11 is 0. The molecule has 3 heterocycles. The molecular weight excluding hydrogens is 410 g/mol. The van der Waals surface area contributed by atoms with Crippen LogP contribution in [0.5, 0.6) is 5.75 Å². The van der Waals surface area contributed by atoms with Crippen molar-refractivity contribution in [3.63, 3.8) is 0 Å². The minimum Gasteiger partial charge on any atom is -0.489 e. The third-order valence-corrected chi connectivity index (χ3v) is 6.26. The highest BCUT2D eigenvalue weighted by molar-refractivity contribution is 5.74. The van der Waals surface area contributed by atoms with Gasteiger partial charge in [-0.15, -0.1) is 0 Å². The van der Waals surface area contributed by atoms with E-state index >= 15 is 0 Å². The molecule has 2 aliphatic heterocycles. The van der Waals surface area contributed by atoms with Gasteiger partial charge in [0.2, 0.25) is 0 Å². The number of rotatable bonds is 5. The predicted octanol–water partition coefficient (Wildman–Crippen LogP) is 2.84. The number of aryl methyl sites for hydroxylation is 1. The van der Waals surface area contributed by atoms with Crippen molar-refractivity contribution < 1.29 is 19.4 Å². The summed E-state index contributed by atoms with van der Waals surface area (Å²) in [4.78, 5) is 19.5. The predicted molar refractivity (Wildman–Crippen MR) is 120 cm³/mol. The standard InChI is InChI=1S/C23H29N5O4/c24-21(25)28-11-1-2-17-3-4-20(14-18(17)15-28)31-16-23(32-22(29)30)7-12-27(13-8-23)19-5-9-26-10-6-19/h3-6,9-10,14H,1-2,7-8,11-13,15-16H2,(H3,24,25)(H,29,30). The van der Waals surface area contributed by atoms with Crippen LogP contribution >= 0.6 is 0 Å². The number of nitrogens with zero attached hydrogens (tertiary/aromatic N) is 3. The van der Waals surface area contributed by atoms with Gasteiger partial charge in [-0.3, -0.25) is 10.4 Å². The summed E-state index contributed by atoms with van der Waals surface area (Å²) in [6.07, 6.45) is 5.14. The number of piperidine rings is 1. The number of carbonyl (C=O) groups is 1. The molecule has 9 nitrogen and oxygen atoms in total. The van der Waals surface area contributed by atoms with Gasteiger partial charge in [0.05, 0.1) is 0 Å². The quantitative estimate of drug-likeness (QED) is 0.369. The highest BCUT2D eigenvalue weighted by atomic mass is 16.7. The summed E-state index contributed by atoms with van der Waals surface area (Å²) in [6, 6.07) is 9.83. The van der Waals surface area contributed by atoms with E-state index in [1.54, 1.807) is 12.4 Å². The van der Waals surface area contributed by atoms with Gasteiger partial charge in [-0.25, -0.2) is 4.79 Å². The molecule has 170 valence electrons. The lowest BCUT2D eigenvalue weighted by Gasteiger charge is -2.41. The smallest absolute Gasteiger partial charge is 0.489 e. The van der Waals surface area contributed by atoms with Gasteiger partial charge < -0.3 is 30.1 Å². The number of ether oxygens (including phenoxy) is 2. The summed E-state index contributed by atoms with van der Waals surface area (Å²) in [7, 11) is 0. The first kappa shape index (κ1) is 21.7. The zero-order chi connectivity index (χ0) is 22.6. The van der Waals surface area contributed by atoms with Crippen LogP contribution in [-0.2, 0) is 17.7 Å². The molecule has 0 atom stereocenters. The summed E-state index contributed by atoms with van der Waals surface area (Å²) in [5.74, 6) is 0.734. The van der Waals surface area contributed by atoms with Crippen LogP contribution in [0.15, 0.2) is 42.7 Å². The minimum absolute atomic E-state index is 0.0685. The molecule has 0 unspecified atom stereocenters. The first-order chi connectivity index (χ1) is 15.4. The van der Waals surface area contributed by atoms with Crippen molar-refractivity contribution in [3.05, 3.63) is 53.9 Å². The van der Waals surface area contributed by atoms with Crippen molar-refractivity contribution in [3.8, 4) is 5.75 Å². The van der Waals surface area contributed by atoms with Gasteiger partial charge in [0.25, 0.3) is 0 Å². The number of fused-ring (bicyclic) bond motifs is 1. The fourth-order valence-corrected chi connectivity index (χ4v) is 4.44. The van der Waals surface area contributed by atoms with E-state index in [0.717, 1.165) is 30.6 Å². The van der Waals surface area contributed by atoms with Crippen LogP contribution in [0.3, 0.4) is 0 Å².